The van der Waals surface area contributed by atoms with Crippen LogP contribution in [0, 0.1) is 5.92 Å². The number of rotatable bonds is 5. The first kappa shape index (κ1) is 21.2. The number of thioether (sulfide) groups is 1. The molecule has 0 spiro atoms. The van der Waals surface area contributed by atoms with Crippen LogP contribution in [-0.2, 0) is 33.4 Å². The molecule has 156 valence electrons. The van der Waals surface area contributed by atoms with Crippen LogP contribution >= 0.6 is 11.8 Å². The summed E-state index contributed by atoms with van der Waals surface area (Å²) in [5.41, 5.74) is -0.729. The fraction of sp³-hybridized carbons (Fsp3) is 0.500. The molecule has 2 aliphatic rings. The van der Waals surface area contributed by atoms with E-state index in [1.54, 1.807) is 31.2 Å². The van der Waals surface area contributed by atoms with Gasteiger partial charge in [-0.2, -0.15) is 0 Å². The molecular formula is C20H23NO7S. The highest BCUT2D eigenvalue weighted by Crippen LogP contribution is 2.67. The van der Waals surface area contributed by atoms with Gasteiger partial charge in [-0.1, -0.05) is 12.1 Å². The normalized spacial score (nSPS) is 27.0. The Balaban J connectivity index is 2.27. The molecule has 1 aliphatic carbocycles. The van der Waals surface area contributed by atoms with Gasteiger partial charge in [0.1, 0.15) is 0 Å². The van der Waals surface area contributed by atoms with Crippen LogP contribution in [0.2, 0.25) is 0 Å². The molecule has 3 unspecified atom stereocenters. The summed E-state index contributed by atoms with van der Waals surface area (Å²) in [5.74, 6) is -3.07. The number of benzene rings is 1. The lowest BCUT2D eigenvalue weighted by Crippen LogP contribution is -2.81. The van der Waals surface area contributed by atoms with Crippen LogP contribution in [0.25, 0.3) is 0 Å². The Hall–Kier alpha value is -2.55. The van der Waals surface area contributed by atoms with Crippen LogP contribution in [0.1, 0.15) is 26.7 Å². The van der Waals surface area contributed by atoms with Crippen LogP contribution in [0.15, 0.2) is 29.2 Å². The topological polar surface area (TPSA) is 99.2 Å². The third-order valence-corrected chi connectivity index (χ3v) is 7.28. The average molecular weight is 421 g/mol. The number of nitrogens with zero attached hydrogens (tertiary/aromatic N) is 1. The summed E-state index contributed by atoms with van der Waals surface area (Å²) in [7, 11) is 2.46. The number of esters is 3. The van der Waals surface area contributed by atoms with Crippen LogP contribution in [-0.4, -0.2) is 54.9 Å². The Labute approximate surface area is 172 Å². The minimum absolute atomic E-state index is 0.0779. The molecule has 1 aliphatic heterocycles. The minimum atomic E-state index is -1.53. The van der Waals surface area contributed by atoms with Crippen molar-refractivity contribution < 1.29 is 33.4 Å². The van der Waals surface area contributed by atoms with Gasteiger partial charge in [-0.15, -0.1) is 11.8 Å². The zero-order valence-corrected chi connectivity index (χ0v) is 17.5. The van der Waals surface area contributed by atoms with Crippen LogP contribution in [0.5, 0.6) is 0 Å². The fourth-order valence-corrected chi connectivity index (χ4v) is 6.19. The largest absolute Gasteiger partial charge is 0.469 e. The van der Waals surface area contributed by atoms with E-state index in [9.17, 15) is 19.2 Å². The monoisotopic (exact) mass is 421 g/mol. The number of hydrogen-bond acceptors (Lipinski definition) is 8. The Bertz CT molecular complexity index is 872. The maximum atomic E-state index is 13.2. The van der Waals surface area contributed by atoms with E-state index in [1.165, 1.54) is 26.0 Å². The highest BCUT2D eigenvalue weighted by molar-refractivity contribution is 8.02. The van der Waals surface area contributed by atoms with Crippen molar-refractivity contribution >= 4 is 41.3 Å². The molecule has 3 atom stereocenters. The molecule has 1 fully saturated rings. The maximum absolute atomic E-state index is 13.2. The van der Waals surface area contributed by atoms with Gasteiger partial charge in [0.25, 0.3) is 0 Å². The van der Waals surface area contributed by atoms with Crippen molar-refractivity contribution in [3.8, 4) is 0 Å². The SMILES string of the molecule is CCOC(=O)CC12CC(C(=O)OC)C1(C(=O)OC)Sc1ccccc1N2C(C)=O. The van der Waals surface area contributed by atoms with Gasteiger partial charge in [0, 0.05) is 11.8 Å². The number of amides is 1. The molecule has 0 bridgehead atoms. The third kappa shape index (κ3) is 2.90. The number of ether oxygens (including phenoxy) is 3. The molecule has 3 rings (SSSR count). The number of methoxy groups -OCH3 is 2. The zero-order chi connectivity index (χ0) is 21.4. The van der Waals surface area contributed by atoms with Crippen molar-refractivity contribution in [2.75, 3.05) is 25.7 Å². The summed E-state index contributed by atoms with van der Waals surface area (Å²) in [6, 6.07) is 7.07. The van der Waals surface area contributed by atoms with E-state index in [0.717, 1.165) is 11.8 Å². The number of fused-ring (bicyclic) bond motifs is 2. The van der Waals surface area contributed by atoms with E-state index in [1.807, 2.05) is 0 Å². The summed E-state index contributed by atoms with van der Waals surface area (Å²) in [6.45, 7) is 3.20. The van der Waals surface area contributed by atoms with E-state index < -0.39 is 34.1 Å². The molecular weight excluding hydrogens is 398 g/mol. The molecule has 1 heterocycles. The first-order valence-electron chi connectivity index (χ1n) is 9.19. The zero-order valence-electron chi connectivity index (χ0n) is 16.7. The van der Waals surface area contributed by atoms with Crippen molar-refractivity contribution in [2.24, 2.45) is 5.92 Å². The number of carbonyl (C=O) groups excluding carboxylic acids is 4. The summed E-state index contributed by atoms with van der Waals surface area (Å²) >= 11 is 1.14. The minimum Gasteiger partial charge on any atom is -0.469 e. The molecule has 29 heavy (non-hydrogen) atoms. The molecule has 0 saturated heterocycles. The van der Waals surface area contributed by atoms with E-state index >= 15 is 0 Å². The molecule has 1 amide bonds. The quantitative estimate of drug-likeness (QED) is 0.525. The van der Waals surface area contributed by atoms with Gasteiger partial charge in [-0.25, -0.2) is 0 Å². The molecule has 1 saturated carbocycles. The van der Waals surface area contributed by atoms with Crippen molar-refractivity contribution in [1.29, 1.82) is 0 Å². The number of para-hydroxylation sites is 1. The highest BCUT2D eigenvalue weighted by Gasteiger charge is 2.78. The summed E-state index contributed by atoms with van der Waals surface area (Å²) < 4.78 is 13.6. The molecule has 1 aromatic rings. The second kappa shape index (κ2) is 7.70. The Kier molecular flexibility index (Phi) is 5.62. The molecule has 9 heteroatoms. The van der Waals surface area contributed by atoms with Crippen molar-refractivity contribution in [3.63, 3.8) is 0 Å². The van der Waals surface area contributed by atoms with Crippen molar-refractivity contribution in [1.82, 2.24) is 0 Å². The smallest absolute Gasteiger partial charge is 0.325 e. The summed E-state index contributed by atoms with van der Waals surface area (Å²) in [5, 5.41) is 0. The van der Waals surface area contributed by atoms with Crippen molar-refractivity contribution in [3.05, 3.63) is 24.3 Å². The predicted octanol–water partition coefficient (Wildman–Crippen LogP) is 1.94. The first-order chi connectivity index (χ1) is 13.8. The maximum Gasteiger partial charge on any atom is 0.325 e. The van der Waals surface area contributed by atoms with Crippen LogP contribution in [0.4, 0.5) is 5.69 Å². The molecule has 8 nitrogen and oxygen atoms in total. The summed E-state index contributed by atoms with van der Waals surface area (Å²) in [4.78, 5) is 53.1. The van der Waals surface area contributed by atoms with Gasteiger partial charge in [-0.3, -0.25) is 19.2 Å². The van der Waals surface area contributed by atoms with Crippen LogP contribution in [0.3, 0.4) is 0 Å². The molecule has 0 aromatic heterocycles. The standard InChI is InChI=1S/C20H23NO7S/c1-5-28-16(23)11-19-10-13(17(24)26-3)20(19,18(25)27-4)29-15-9-7-6-8-14(15)21(19)12(2)22/h6-9,13H,5,10-11H2,1-4H3. The Morgan fingerprint density at radius 3 is 2.45 bits per heavy atom. The van der Waals surface area contributed by atoms with E-state index in [-0.39, 0.29) is 25.4 Å². The second-order valence-corrected chi connectivity index (χ2v) is 8.23. The highest BCUT2D eigenvalue weighted by atomic mass is 32.2. The van der Waals surface area contributed by atoms with E-state index in [0.29, 0.717) is 10.6 Å². The molecule has 0 radical (unpaired) electrons. The summed E-state index contributed by atoms with van der Waals surface area (Å²) in [6.07, 6.45) is -0.168. The van der Waals surface area contributed by atoms with Gasteiger partial charge in [0.15, 0.2) is 4.75 Å². The number of hydrogen-bond donors (Lipinski definition) is 0. The third-order valence-electron chi connectivity index (χ3n) is 5.56. The lowest BCUT2D eigenvalue weighted by molar-refractivity contribution is -0.171. The van der Waals surface area contributed by atoms with Gasteiger partial charge < -0.3 is 19.1 Å². The van der Waals surface area contributed by atoms with Gasteiger partial charge >= 0.3 is 17.9 Å². The Morgan fingerprint density at radius 2 is 1.86 bits per heavy atom. The Morgan fingerprint density at radius 1 is 1.17 bits per heavy atom. The number of carbonyl (C=O) groups is 4. The van der Waals surface area contributed by atoms with E-state index in [4.69, 9.17) is 14.2 Å². The van der Waals surface area contributed by atoms with Gasteiger partial charge in [-0.05, 0) is 25.5 Å². The van der Waals surface area contributed by atoms with E-state index in [2.05, 4.69) is 0 Å². The lowest BCUT2D eigenvalue weighted by atomic mass is 9.55. The van der Waals surface area contributed by atoms with Gasteiger partial charge in [0.2, 0.25) is 5.91 Å². The van der Waals surface area contributed by atoms with Crippen LogP contribution < -0.4 is 4.90 Å². The molecule has 0 N–H and O–H groups in total. The van der Waals surface area contributed by atoms with Crippen molar-refractivity contribution in [2.45, 2.75) is 41.9 Å². The second-order valence-electron chi connectivity index (χ2n) is 6.94. The molecule has 1 aromatic carbocycles. The number of anilines is 1. The lowest BCUT2D eigenvalue weighted by Gasteiger charge is -2.65. The first-order valence-corrected chi connectivity index (χ1v) is 10.0. The fourth-order valence-electron chi connectivity index (χ4n) is 4.50. The predicted molar refractivity (Wildman–Crippen MR) is 104 cm³/mol. The average Bonchev–Trinajstić information content (AvgIpc) is 2.69. The van der Waals surface area contributed by atoms with Gasteiger partial charge in [0.05, 0.1) is 44.4 Å².